The molecule has 33 heavy (non-hydrogen) atoms. The molecule has 0 aliphatic carbocycles. The molecule has 6 N–H and O–H groups in total. The standard InChI is InChI=1S/C25H48N2O6/c1-8-10-26-15-25(32)17(4)12-20(14-28)11-16(3)13-27-19(6)22(29)24(7,31)21(9-2)33-23(30)18(25)5/h14,16-19,21-22,26-29,31-32H,8-13,15H2,1-7H3/b20-14-/t16-,17-,18?,19-,21-,22-,24-,25-/m1/s1. The molecule has 0 amide bonds. The highest BCUT2D eigenvalue weighted by Gasteiger charge is 2.47. The Morgan fingerprint density at radius 1 is 1.18 bits per heavy atom. The first-order valence-electron chi connectivity index (χ1n) is 12.4. The molecule has 0 radical (unpaired) electrons. The van der Waals surface area contributed by atoms with Gasteiger partial charge in [-0.3, -0.25) is 4.79 Å². The van der Waals surface area contributed by atoms with Crippen LogP contribution in [0.3, 0.4) is 0 Å². The fourth-order valence-electron chi connectivity index (χ4n) is 4.76. The fourth-order valence-corrected chi connectivity index (χ4v) is 4.76. The summed E-state index contributed by atoms with van der Waals surface area (Å²) in [7, 11) is 0. The quantitative estimate of drug-likeness (QED) is 0.204. The lowest BCUT2D eigenvalue weighted by molar-refractivity contribution is -0.193. The second kappa shape index (κ2) is 13.0. The summed E-state index contributed by atoms with van der Waals surface area (Å²) in [4.78, 5) is 13.2. The van der Waals surface area contributed by atoms with Gasteiger partial charge in [0.05, 0.1) is 17.8 Å². The Bertz CT molecular complexity index is 640. The van der Waals surface area contributed by atoms with Gasteiger partial charge in [0.2, 0.25) is 0 Å². The molecule has 1 rings (SSSR count). The molecule has 8 nitrogen and oxygen atoms in total. The number of cyclic esters (lactones) is 1. The lowest BCUT2D eigenvalue weighted by Crippen LogP contribution is -2.59. The van der Waals surface area contributed by atoms with E-state index in [-0.39, 0.29) is 18.4 Å². The molecule has 0 aromatic carbocycles. The number of carbonyl (C=O) groups is 1. The van der Waals surface area contributed by atoms with Gasteiger partial charge in [-0.25, -0.2) is 0 Å². The summed E-state index contributed by atoms with van der Waals surface area (Å²) < 4.78 is 5.72. The van der Waals surface area contributed by atoms with Crippen LogP contribution in [0.1, 0.15) is 74.1 Å². The van der Waals surface area contributed by atoms with E-state index in [4.69, 9.17) is 4.74 Å². The minimum absolute atomic E-state index is 0.143. The van der Waals surface area contributed by atoms with E-state index in [2.05, 4.69) is 10.6 Å². The van der Waals surface area contributed by atoms with Crippen molar-refractivity contribution in [2.24, 2.45) is 17.8 Å². The van der Waals surface area contributed by atoms with E-state index in [1.165, 1.54) is 6.92 Å². The zero-order valence-electron chi connectivity index (χ0n) is 21.6. The van der Waals surface area contributed by atoms with Crippen molar-refractivity contribution in [2.75, 3.05) is 19.6 Å². The minimum atomic E-state index is -1.68. The maximum Gasteiger partial charge on any atom is 0.312 e. The van der Waals surface area contributed by atoms with Gasteiger partial charge in [-0.1, -0.05) is 27.7 Å². The number of allylic oxidation sites excluding steroid dienone is 1. The highest BCUT2D eigenvalue weighted by molar-refractivity contribution is 5.74. The van der Waals surface area contributed by atoms with E-state index >= 15 is 0 Å². The van der Waals surface area contributed by atoms with Crippen LogP contribution >= 0.6 is 0 Å². The molecule has 1 aliphatic heterocycles. The highest BCUT2D eigenvalue weighted by atomic mass is 16.6. The fraction of sp³-hybridized carbons (Fsp3) is 0.880. The van der Waals surface area contributed by atoms with Crippen molar-refractivity contribution in [1.82, 2.24) is 10.6 Å². The zero-order valence-corrected chi connectivity index (χ0v) is 21.6. The van der Waals surface area contributed by atoms with Gasteiger partial charge in [0.25, 0.3) is 0 Å². The molecule has 194 valence electrons. The summed E-state index contributed by atoms with van der Waals surface area (Å²) in [5.74, 6) is -1.72. The van der Waals surface area contributed by atoms with Gasteiger partial charge < -0.3 is 35.8 Å². The maximum atomic E-state index is 13.2. The molecule has 1 unspecified atom stereocenters. The molecule has 1 aliphatic rings. The van der Waals surface area contributed by atoms with Crippen LogP contribution in [-0.2, 0) is 9.53 Å². The number of hydrogen-bond acceptors (Lipinski definition) is 8. The molecule has 1 fully saturated rings. The third kappa shape index (κ3) is 7.65. The summed E-state index contributed by atoms with van der Waals surface area (Å²) in [5, 5.41) is 50.1. The van der Waals surface area contributed by atoms with E-state index in [1.807, 2.05) is 20.8 Å². The third-order valence-corrected chi connectivity index (χ3v) is 7.30. The van der Waals surface area contributed by atoms with Gasteiger partial charge >= 0.3 is 5.97 Å². The highest BCUT2D eigenvalue weighted by Crippen LogP contribution is 2.34. The lowest BCUT2D eigenvalue weighted by atomic mass is 9.75. The average molecular weight is 473 g/mol. The number of esters is 1. The third-order valence-electron chi connectivity index (χ3n) is 7.30. The van der Waals surface area contributed by atoms with Gasteiger partial charge in [0.15, 0.2) is 0 Å². The molecule has 1 saturated heterocycles. The van der Waals surface area contributed by atoms with Crippen molar-refractivity contribution in [3.63, 3.8) is 0 Å². The van der Waals surface area contributed by atoms with E-state index in [1.54, 1.807) is 20.8 Å². The van der Waals surface area contributed by atoms with E-state index < -0.39 is 41.3 Å². The van der Waals surface area contributed by atoms with Crippen molar-refractivity contribution in [1.29, 1.82) is 0 Å². The summed E-state index contributed by atoms with van der Waals surface area (Å²) in [6, 6.07) is -0.451. The monoisotopic (exact) mass is 472 g/mol. The van der Waals surface area contributed by atoms with Crippen molar-refractivity contribution in [2.45, 2.75) is 104 Å². The van der Waals surface area contributed by atoms with Gasteiger partial charge in [-0.2, -0.15) is 0 Å². The van der Waals surface area contributed by atoms with Crippen LogP contribution in [0.15, 0.2) is 11.8 Å². The molecule has 8 atom stereocenters. The second-order valence-electron chi connectivity index (χ2n) is 10.3. The predicted octanol–water partition coefficient (Wildman–Crippen LogP) is 2.27. The average Bonchev–Trinajstić information content (AvgIpc) is 2.78. The molecule has 0 bridgehead atoms. The van der Waals surface area contributed by atoms with Crippen LogP contribution in [-0.4, -0.2) is 75.5 Å². The van der Waals surface area contributed by atoms with Gasteiger partial charge in [0.1, 0.15) is 17.8 Å². The summed E-state index contributed by atoms with van der Waals surface area (Å²) in [5.41, 5.74) is -2.33. The topological polar surface area (TPSA) is 131 Å². The van der Waals surface area contributed by atoms with Crippen molar-refractivity contribution in [3.05, 3.63) is 11.8 Å². The summed E-state index contributed by atoms with van der Waals surface area (Å²) in [6.07, 6.45) is 1.20. The van der Waals surface area contributed by atoms with Crippen LogP contribution in [0.4, 0.5) is 0 Å². The number of rotatable bonds is 5. The molecule has 0 aromatic heterocycles. The first-order chi connectivity index (χ1) is 15.3. The number of hydrogen-bond donors (Lipinski definition) is 6. The molecule has 0 spiro atoms. The Kier molecular flexibility index (Phi) is 11.8. The molecular weight excluding hydrogens is 424 g/mol. The normalized spacial score (nSPS) is 41.3. The first-order valence-corrected chi connectivity index (χ1v) is 12.4. The largest absolute Gasteiger partial charge is 0.516 e. The molecule has 0 saturated carbocycles. The SMILES string of the molecule is CCCNC[C@]1(O)C(C)C(=O)O[C@H](CC)[C@@](C)(O)[C@H](O)[C@@H](C)NC[C@H](C)C/C(=C/O)C[C@H]1C. The molecule has 8 heteroatoms. The Balaban J connectivity index is 3.39. The maximum absolute atomic E-state index is 13.2. The lowest BCUT2D eigenvalue weighted by Gasteiger charge is -2.41. The number of aliphatic hydroxyl groups excluding tert-OH is 2. The van der Waals surface area contributed by atoms with E-state index in [9.17, 15) is 25.2 Å². The van der Waals surface area contributed by atoms with Crippen LogP contribution in [0.25, 0.3) is 0 Å². The number of nitrogens with one attached hydrogen (secondary N) is 2. The first kappa shape index (κ1) is 29.8. The van der Waals surface area contributed by atoms with Crippen LogP contribution in [0, 0.1) is 17.8 Å². The predicted molar refractivity (Wildman–Crippen MR) is 130 cm³/mol. The zero-order chi connectivity index (χ0) is 25.4. The summed E-state index contributed by atoms with van der Waals surface area (Å²) >= 11 is 0. The number of ether oxygens (including phenoxy) is 1. The van der Waals surface area contributed by atoms with Crippen molar-refractivity contribution < 1.29 is 30.0 Å². The van der Waals surface area contributed by atoms with Crippen LogP contribution in [0.2, 0.25) is 0 Å². The Morgan fingerprint density at radius 2 is 1.82 bits per heavy atom. The number of carbonyl (C=O) groups excluding carboxylic acids is 1. The minimum Gasteiger partial charge on any atom is -0.516 e. The van der Waals surface area contributed by atoms with Gasteiger partial charge in [-0.05, 0) is 77.0 Å². The van der Waals surface area contributed by atoms with Crippen molar-refractivity contribution >= 4 is 5.97 Å². The summed E-state index contributed by atoms with van der Waals surface area (Å²) in [6.45, 7) is 14.1. The second-order valence-corrected chi connectivity index (χ2v) is 10.3. The Labute approximate surface area is 199 Å². The van der Waals surface area contributed by atoms with Gasteiger partial charge in [0, 0.05) is 12.6 Å². The van der Waals surface area contributed by atoms with E-state index in [0.717, 1.165) is 18.3 Å². The van der Waals surface area contributed by atoms with Crippen LogP contribution in [0.5, 0.6) is 0 Å². The van der Waals surface area contributed by atoms with Crippen LogP contribution < -0.4 is 10.6 Å². The molecular formula is C25H48N2O6. The smallest absolute Gasteiger partial charge is 0.312 e. The Hall–Kier alpha value is -1.19. The van der Waals surface area contributed by atoms with Crippen molar-refractivity contribution in [3.8, 4) is 0 Å². The number of aliphatic hydroxyl groups is 4. The molecule has 1 heterocycles. The van der Waals surface area contributed by atoms with Gasteiger partial charge in [-0.15, -0.1) is 0 Å². The molecule has 0 aromatic rings. The Morgan fingerprint density at radius 3 is 2.36 bits per heavy atom. The van der Waals surface area contributed by atoms with E-state index in [0.29, 0.717) is 32.4 Å².